The van der Waals surface area contributed by atoms with Gasteiger partial charge in [0, 0.05) is 6.54 Å². The first-order chi connectivity index (χ1) is 5.68. The minimum Gasteiger partial charge on any atom is -0.226 e. The smallest absolute Gasteiger partial charge is 0.0892 e. The minimum atomic E-state index is 0.747. The largest absolute Gasteiger partial charge is 0.226 e. The predicted molar refractivity (Wildman–Crippen MR) is 53.9 cm³/mol. The monoisotopic (exact) mass is 168 g/mol. The van der Waals surface area contributed by atoms with Crippen molar-refractivity contribution < 1.29 is 0 Å². The van der Waals surface area contributed by atoms with E-state index in [0.29, 0.717) is 0 Å². The molecule has 0 aliphatic heterocycles. The van der Waals surface area contributed by atoms with Gasteiger partial charge in [-0.25, -0.2) is 9.98 Å². The van der Waals surface area contributed by atoms with Crippen LogP contribution in [0.25, 0.3) is 0 Å². The van der Waals surface area contributed by atoms with Gasteiger partial charge in [-0.05, 0) is 25.2 Å². The number of nitrogens with zero attached hydrogens (tertiary/aromatic N) is 2. The van der Waals surface area contributed by atoms with E-state index in [9.17, 15) is 0 Å². The van der Waals surface area contributed by atoms with Crippen molar-refractivity contribution in [3.63, 3.8) is 0 Å². The highest BCUT2D eigenvalue weighted by Gasteiger charge is 2.04. The van der Waals surface area contributed by atoms with Crippen LogP contribution in [0.2, 0.25) is 0 Å². The molecule has 0 N–H and O–H groups in total. The average molecular weight is 168 g/mol. The van der Waals surface area contributed by atoms with Crippen molar-refractivity contribution in [3.8, 4) is 0 Å². The van der Waals surface area contributed by atoms with E-state index < -0.39 is 0 Å². The van der Waals surface area contributed by atoms with Gasteiger partial charge in [-0.2, -0.15) is 0 Å². The standard InChI is InChI=1S/C10H20N2/c1-5-11-8-12-7-6-10(4)9(2)3/h9-10H,5-7H2,1-4H3. The second-order valence-corrected chi connectivity index (χ2v) is 3.47. The van der Waals surface area contributed by atoms with E-state index in [-0.39, 0.29) is 0 Å². The van der Waals surface area contributed by atoms with Gasteiger partial charge in [-0.1, -0.05) is 20.8 Å². The molecule has 0 bridgehead atoms. The van der Waals surface area contributed by atoms with Crippen LogP contribution in [0.5, 0.6) is 0 Å². The zero-order chi connectivity index (χ0) is 9.40. The summed E-state index contributed by atoms with van der Waals surface area (Å²) in [6.07, 6.45) is 1.14. The molecule has 12 heavy (non-hydrogen) atoms. The van der Waals surface area contributed by atoms with Gasteiger partial charge < -0.3 is 0 Å². The van der Waals surface area contributed by atoms with E-state index in [0.717, 1.165) is 31.3 Å². The molecule has 0 rings (SSSR count). The molecule has 0 saturated heterocycles. The number of aliphatic imine (C=N–C) groups is 2. The summed E-state index contributed by atoms with van der Waals surface area (Å²) in [6, 6.07) is 2.68. The number of hydrogen-bond donors (Lipinski definition) is 0. The van der Waals surface area contributed by atoms with Gasteiger partial charge in [0.2, 0.25) is 0 Å². The summed E-state index contributed by atoms with van der Waals surface area (Å²) in [5.74, 6) is 1.50. The Labute approximate surface area is 75.8 Å². The highest BCUT2D eigenvalue weighted by Crippen LogP contribution is 2.13. The van der Waals surface area contributed by atoms with Crippen molar-refractivity contribution >= 4 is 6.01 Å². The molecule has 1 unspecified atom stereocenters. The van der Waals surface area contributed by atoms with Crippen LogP contribution in [0.1, 0.15) is 34.1 Å². The van der Waals surface area contributed by atoms with Gasteiger partial charge in [0.25, 0.3) is 0 Å². The summed E-state index contributed by atoms with van der Waals surface area (Å²) in [4.78, 5) is 7.96. The third-order valence-corrected chi connectivity index (χ3v) is 2.13. The van der Waals surface area contributed by atoms with E-state index in [1.807, 2.05) is 6.92 Å². The molecular weight excluding hydrogens is 148 g/mol. The van der Waals surface area contributed by atoms with Gasteiger partial charge in [0.15, 0.2) is 0 Å². The molecule has 0 amide bonds. The third-order valence-electron chi connectivity index (χ3n) is 2.13. The Kier molecular flexibility index (Phi) is 6.69. The summed E-state index contributed by atoms with van der Waals surface area (Å²) < 4.78 is 0. The van der Waals surface area contributed by atoms with Crippen molar-refractivity contribution in [1.82, 2.24) is 0 Å². The van der Waals surface area contributed by atoms with E-state index in [2.05, 4.69) is 36.8 Å². The van der Waals surface area contributed by atoms with Crippen LogP contribution in [0, 0.1) is 11.8 Å². The lowest BCUT2D eigenvalue weighted by Gasteiger charge is -2.12. The molecule has 0 spiro atoms. The summed E-state index contributed by atoms with van der Waals surface area (Å²) in [5.41, 5.74) is 0. The third kappa shape index (κ3) is 6.11. The molecule has 0 saturated carbocycles. The van der Waals surface area contributed by atoms with Crippen molar-refractivity contribution in [2.45, 2.75) is 34.1 Å². The SMILES string of the molecule is CCN=C=NCCC(C)C(C)C. The van der Waals surface area contributed by atoms with Crippen LogP contribution in [0.3, 0.4) is 0 Å². The lowest BCUT2D eigenvalue weighted by molar-refractivity contribution is 0.398. The fourth-order valence-electron chi connectivity index (χ4n) is 0.772. The maximum Gasteiger partial charge on any atom is 0.0892 e. The fourth-order valence-corrected chi connectivity index (χ4v) is 0.772. The lowest BCUT2D eigenvalue weighted by Crippen LogP contribution is -2.04. The lowest BCUT2D eigenvalue weighted by atomic mass is 9.95. The van der Waals surface area contributed by atoms with Crippen molar-refractivity contribution in [1.29, 1.82) is 0 Å². The first kappa shape index (κ1) is 11.4. The van der Waals surface area contributed by atoms with E-state index in [1.54, 1.807) is 0 Å². The normalized spacial score (nSPS) is 12.4. The molecular formula is C10H20N2. The molecule has 0 aliphatic rings. The Balaban J connectivity index is 3.49. The van der Waals surface area contributed by atoms with E-state index in [4.69, 9.17) is 0 Å². The van der Waals surface area contributed by atoms with Gasteiger partial charge in [-0.15, -0.1) is 0 Å². The van der Waals surface area contributed by atoms with Gasteiger partial charge >= 0.3 is 0 Å². The first-order valence-corrected chi connectivity index (χ1v) is 4.76. The molecule has 0 aliphatic carbocycles. The Bertz CT molecular complexity index is 155. The quantitative estimate of drug-likeness (QED) is 0.564. The Morgan fingerprint density at radius 3 is 2.33 bits per heavy atom. The summed E-state index contributed by atoms with van der Waals surface area (Å²) >= 11 is 0. The molecule has 0 aromatic heterocycles. The fraction of sp³-hybridized carbons (Fsp3) is 0.900. The molecule has 0 heterocycles. The Morgan fingerprint density at radius 2 is 1.83 bits per heavy atom. The molecule has 0 aromatic rings. The summed E-state index contributed by atoms with van der Waals surface area (Å²) in [7, 11) is 0. The molecule has 70 valence electrons. The second kappa shape index (κ2) is 7.05. The van der Waals surface area contributed by atoms with Crippen molar-refractivity contribution in [3.05, 3.63) is 0 Å². The molecule has 0 aromatic carbocycles. The first-order valence-electron chi connectivity index (χ1n) is 4.76. The van der Waals surface area contributed by atoms with Crippen LogP contribution in [0.15, 0.2) is 9.98 Å². The average Bonchev–Trinajstić information content (AvgIpc) is 2.03. The maximum absolute atomic E-state index is 4.07. The Morgan fingerprint density at radius 1 is 1.17 bits per heavy atom. The van der Waals surface area contributed by atoms with E-state index in [1.165, 1.54) is 0 Å². The van der Waals surface area contributed by atoms with Crippen molar-refractivity contribution in [2.75, 3.05) is 13.1 Å². The predicted octanol–water partition coefficient (Wildman–Crippen LogP) is 2.86. The van der Waals surface area contributed by atoms with Crippen LogP contribution >= 0.6 is 0 Å². The van der Waals surface area contributed by atoms with Crippen LogP contribution < -0.4 is 0 Å². The topological polar surface area (TPSA) is 24.7 Å². The van der Waals surface area contributed by atoms with E-state index >= 15 is 0 Å². The highest BCUT2D eigenvalue weighted by molar-refractivity contribution is 5.40. The zero-order valence-electron chi connectivity index (χ0n) is 8.67. The maximum atomic E-state index is 4.07. The zero-order valence-corrected chi connectivity index (χ0v) is 8.67. The Hall–Kier alpha value is -0.620. The number of hydrogen-bond acceptors (Lipinski definition) is 2. The van der Waals surface area contributed by atoms with Crippen molar-refractivity contribution in [2.24, 2.45) is 21.8 Å². The van der Waals surface area contributed by atoms with Gasteiger partial charge in [0.05, 0.1) is 12.6 Å². The molecule has 0 fully saturated rings. The number of rotatable bonds is 5. The van der Waals surface area contributed by atoms with Crippen LogP contribution in [0.4, 0.5) is 0 Å². The summed E-state index contributed by atoms with van der Waals surface area (Å²) in [5, 5.41) is 0. The highest BCUT2D eigenvalue weighted by atomic mass is 14.8. The molecule has 0 radical (unpaired) electrons. The van der Waals surface area contributed by atoms with Crippen LogP contribution in [-0.2, 0) is 0 Å². The van der Waals surface area contributed by atoms with Crippen LogP contribution in [-0.4, -0.2) is 19.1 Å². The summed E-state index contributed by atoms with van der Waals surface area (Å²) in [6.45, 7) is 10.4. The second-order valence-electron chi connectivity index (χ2n) is 3.47. The molecule has 1 atom stereocenters. The van der Waals surface area contributed by atoms with Gasteiger partial charge in [-0.3, -0.25) is 0 Å². The molecule has 2 heteroatoms. The minimum absolute atomic E-state index is 0.747. The van der Waals surface area contributed by atoms with Gasteiger partial charge in [0.1, 0.15) is 0 Å². The molecule has 2 nitrogen and oxygen atoms in total.